The predicted octanol–water partition coefficient (Wildman–Crippen LogP) is 4.08. The first-order valence-corrected chi connectivity index (χ1v) is 9.12. The summed E-state index contributed by atoms with van der Waals surface area (Å²) in [6.07, 6.45) is 0.774. The summed E-state index contributed by atoms with van der Waals surface area (Å²) in [6.45, 7) is 6.54. The van der Waals surface area contributed by atoms with Gasteiger partial charge < -0.3 is 14.5 Å². The van der Waals surface area contributed by atoms with Crippen LogP contribution in [0.15, 0.2) is 18.2 Å². The summed E-state index contributed by atoms with van der Waals surface area (Å²) in [5.41, 5.74) is -0.223. The first kappa shape index (κ1) is 20.5. The molecule has 1 aliphatic rings. The van der Waals surface area contributed by atoms with Crippen molar-refractivity contribution in [3.05, 3.63) is 34.6 Å². The number of rotatable bonds is 3. The average molecular weight is 385 g/mol. The summed E-state index contributed by atoms with van der Waals surface area (Å²) in [7, 11) is 1.64. The van der Waals surface area contributed by atoms with E-state index in [0.717, 1.165) is 0 Å². The van der Waals surface area contributed by atoms with Gasteiger partial charge in [-0.05, 0) is 45.7 Å². The highest BCUT2D eigenvalue weighted by atomic mass is 35.5. The summed E-state index contributed by atoms with van der Waals surface area (Å²) in [5.74, 6) is -0.672. The van der Waals surface area contributed by atoms with Gasteiger partial charge in [-0.1, -0.05) is 17.7 Å². The SMILES string of the molecule is CN(Cc1c(F)cccc1Cl)C(=O)C1CCN(C(=O)OC(C)(C)C)CC1. The van der Waals surface area contributed by atoms with E-state index in [1.807, 2.05) is 20.8 Å². The van der Waals surface area contributed by atoms with Gasteiger partial charge in [0.1, 0.15) is 11.4 Å². The molecule has 1 saturated heterocycles. The molecule has 0 N–H and O–H groups in total. The maximum atomic E-state index is 13.9. The van der Waals surface area contributed by atoms with Crippen LogP contribution in [0.1, 0.15) is 39.2 Å². The Morgan fingerprint density at radius 2 is 1.92 bits per heavy atom. The van der Waals surface area contributed by atoms with Crippen molar-refractivity contribution >= 4 is 23.6 Å². The highest BCUT2D eigenvalue weighted by molar-refractivity contribution is 6.31. The largest absolute Gasteiger partial charge is 0.444 e. The van der Waals surface area contributed by atoms with E-state index in [2.05, 4.69) is 0 Å². The van der Waals surface area contributed by atoms with E-state index in [0.29, 0.717) is 36.5 Å². The van der Waals surface area contributed by atoms with Gasteiger partial charge in [-0.15, -0.1) is 0 Å². The highest BCUT2D eigenvalue weighted by Gasteiger charge is 2.31. The number of nitrogens with zero attached hydrogens (tertiary/aromatic N) is 2. The summed E-state index contributed by atoms with van der Waals surface area (Å²) in [5, 5.41) is 0.310. The molecule has 1 heterocycles. The van der Waals surface area contributed by atoms with Gasteiger partial charge in [-0.3, -0.25) is 4.79 Å². The number of benzene rings is 1. The fourth-order valence-corrected chi connectivity index (χ4v) is 3.17. The number of amides is 2. The van der Waals surface area contributed by atoms with Crippen LogP contribution in [-0.4, -0.2) is 47.5 Å². The third-order valence-electron chi connectivity index (χ3n) is 4.33. The van der Waals surface area contributed by atoms with Gasteiger partial charge in [-0.2, -0.15) is 0 Å². The van der Waals surface area contributed by atoms with Gasteiger partial charge in [0.05, 0.1) is 0 Å². The highest BCUT2D eigenvalue weighted by Crippen LogP contribution is 2.24. The Bertz CT molecular complexity index is 647. The van der Waals surface area contributed by atoms with Crippen molar-refractivity contribution < 1.29 is 18.7 Å². The molecule has 0 aliphatic carbocycles. The second-order valence-electron chi connectivity index (χ2n) is 7.64. The molecule has 1 aromatic carbocycles. The van der Waals surface area contributed by atoms with Crippen molar-refractivity contribution in [2.45, 2.75) is 45.8 Å². The van der Waals surface area contributed by atoms with Gasteiger partial charge in [0.25, 0.3) is 0 Å². The first-order chi connectivity index (χ1) is 12.1. The minimum Gasteiger partial charge on any atom is -0.444 e. The van der Waals surface area contributed by atoms with Gasteiger partial charge in [0.2, 0.25) is 5.91 Å². The summed E-state index contributed by atoms with van der Waals surface area (Å²) >= 11 is 6.03. The van der Waals surface area contributed by atoms with Crippen LogP contribution >= 0.6 is 11.6 Å². The Labute approximate surface area is 159 Å². The molecule has 26 heavy (non-hydrogen) atoms. The van der Waals surface area contributed by atoms with Crippen molar-refractivity contribution in [1.82, 2.24) is 9.80 Å². The molecule has 0 spiro atoms. The molecule has 0 unspecified atom stereocenters. The van der Waals surface area contributed by atoms with Crippen LogP contribution in [0.5, 0.6) is 0 Å². The standard InChI is InChI=1S/C19H26ClFN2O3/c1-19(2,3)26-18(25)23-10-8-13(9-11-23)17(24)22(4)12-14-15(20)6-5-7-16(14)21/h5-7,13H,8-12H2,1-4H3. The predicted molar refractivity (Wildman–Crippen MR) is 98.4 cm³/mol. The summed E-state index contributed by atoms with van der Waals surface area (Å²) in [6, 6.07) is 4.48. The van der Waals surface area contributed by atoms with E-state index < -0.39 is 11.4 Å². The lowest BCUT2D eigenvalue weighted by molar-refractivity contribution is -0.136. The monoisotopic (exact) mass is 384 g/mol. The number of hydrogen-bond acceptors (Lipinski definition) is 3. The van der Waals surface area contributed by atoms with Gasteiger partial charge >= 0.3 is 6.09 Å². The fourth-order valence-electron chi connectivity index (χ4n) is 2.95. The lowest BCUT2D eigenvalue weighted by Crippen LogP contribution is -2.45. The molecule has 144 valence electrons. The van der Waals surface area contributed by atoms with Gasteiger partial charge in [0.15, 0.2) is 0 Å². The third kappa shape index (κ3) is 5.34. The van der Waals surface area contributed by atoms with Crippen LogP contribution in [0.25, 0.3) is 0 Å². The topological polar surface area (TPSA) is 49.9 Å². The molecule has 2 amide bonds. The molecule has 7 heteroatoms. The Balaban J connectivity index is 1.90. The number of halogens is 2. The number of carbonyl (C=O) groups excluding carboxylic acids is 2. The van der Waals surface area contributed by atoms with E-state index in [1.165, 1.54) is 17.0 Å². The van der Waals surface area contributed by atoms with E-state index in [4.69, 9.17) is 16.3 Å². The molecule has 0 bridgehead atoms. The van der Waals surface area contributed by atoms with Crippen LogP contribution in [0, 0.1) is 11.7 Å². The summed E-state index contributed by atoms with van der Waals surface area (Å²) in [4.78, 5) is 27.9. The molecule has 1 aromatic rings. The minimum atomic E-state index is -0.539. The smallest absolute Gasteiger partial charge is 0.410 e. The zero-order valence-corrected chi connectivity index (χ0v) is 16.5. The minimum absolute atomic E-state index is 0.0619. The molecule has 2 rings (SSSR count). The van der Waals surface area contributed by atoms with Gasteiger partial charge in [0, 0.05) is 43.2 Å². The molecule has 1 fully saturated rings. The summed E-state index contributed by atoms with van der Waals surface area (Å²) < 4.78 is 19.3. The lowest BCUT2D eigenvalue weighted by atomic mass is 9.95. The molecule has 0 aromatic heterocycles. The second-order valence-corrected chi connectivity index (χ2v) is 8.04. The Kier molecular flexibility index (Phi) is 6.50. The van der Waals surface area contributed by atoms with Crippen molar-refractivity contribution in [1.29, 1.82) is 0 Å². The van der Waals surface area contributed by atoms with E-state index in [1.54, 1.807) is 18.0 Å². The Morgan fingerprint density at radius 3 is 2.46 bits per heavy atom. The Hall–Kier alpha value is -1.82. The quantitative estimate of drug-likeness (QED) is 0.788. The number of likely N-dealkylation sites (tertiary alicyclic amines) is 1. The number of piperidine rings is 1. The van der Waals surface area contributed by atoms with Crippen molar-refractivity contribution in [2.75, 3.05) is 20.1 Å². The Morgan fingerprint density at radius 1 is 1.31 bits per heavy atom. The van der Waals surface area contributed by atoms with Crippen molar-refractivity contribution in [2.24, 2.45) is 5.92 Å². The van der Waals surface area contributed by atoms with E-state index in [-0.39, 0.29) is 24.5 Å². The molecular formula is C19H26ClFN2O3. The van der Waals surface area contributed by atoms with Crippen LogP contribution < -0.4 is 0 Å². The number of carbonyl (C=O) groups is 2. The number of hydrogen-bond donors (Lipinski definition) is 0. The third-order valence-corrected chi connectivity index (χ3v) is 4.68. The van der Waals surface area contributed by atoms with E-state index in [9.17, 15) is 14.0 Å². The zero-order chi connectivity index (χ0) is 19.5. The maximum Gasteiger partial charge on any atom is 0.410 e. The fraction of sp³-hybridized carbons (Fsp3) is 0.579. The molecule has 1 aliphatic heterocycles. The van der Waals surface area contributed by atoms with Crippen LogP contribution in [0.4, 0.5) is 9.18 Å². The maximum absolute atomic E-state index is 13.9. The molecule has 5 nitrogen and oxygen atoms in total. The van der Waals surface area contributed by atoms with Crippen LogP contribution in [-0.2, 0) is 16.1 Å². The normalized spacial score (nSPS) is 15.7. The molecule has 0 atom stereocenters. The van der Waals surface area contributed by atoms with Crippen LogP contribution in [0.2, 0.25) is 5.02 Å². The molecular weight excluding hydrogens is 359 g/mol. The molecule has 0 saturated carbocycles. The van der Waals surface area contributed by atoms with Gasteiger partial charge in [-0.25, -0.2) is 9.18 Å². The van der Waals surface area contributed by atoms with Crippen LogP contribution in [0.3, 0.4) is 0 Å². The lowest BCUT2D eigenvalue weighted by Gasteiger charge is -2.34. The average Bonchev–Trinajstić information content (AvgIpc) is 2.56. The zero-order valence-electron chi connectivity index (χ0n) is 15.7. The van der Waals surface area contributed by atoms with Crippen molar-refractivity contribution in [3.63, 3.8) is 0 Å². The van der Waals surface area contributed by atoms with Crippen molar-refractivity contribution in [3.8, 4) is 0 Å². The van der Waals surface area contributed by atoms with E-state index >= 15 is 0 Å². The first-order valence-electron chi connectivity index (χ1n) is 8.74. The molecule has 0 radical (unpaired) electrons. The second kappa shape index (κ2) is 8.25. The number of ether oxygens (including phenoxy) is 1.